The van der Waals surface area contributed by atoms with Crippen LogP contribution in [0.4, 0.5) is 0 Å². The summed E-state index contributed by atoms with van der Waals surface area (Å²) in [6.07, 6.45) is 0. The Hall–Kier alpha value is -2.71. The molecular weight excluding hydrogens is 386 g/mol. The number of amides is 1. The van der Waals surface area contributed by atoms with Gasteiger partial charge in [0.1, 0.15) is 5.25 Å². The van der Waals surface area contributed by atoms with Crippen molar-refractivity contribution in [3.8, 4) is 5.69 Å². The summed E-state index contributed by atoms with van der Waals surface area (Å²) in [7, 11) is 0. The van der Waals surface area contributed by atoms with Gasteiger partial charge < -0.3 is 9.64 Å². The van der Waals surface area contributed by atoms with E-state index in [1.54, 1.807) is 4.68 Å². The predicted octanol–water partition coefficient (Wildman–Crippen LogP) is 2.97. The van der Waals surface area contributed by atoms with E-state index in [2.05, 4.69) is 15.5 Å². The maximum Gasteiger partial charge on any atom is 0.240 e. The zero-order valence-electron chi connectivity index (χ0n) is 16.5. The second-order valence-corrected chi connectivity index (χ2v) is 8.03. The van der Waals surface area contributed by atoms with Gasteiger partial charge in [-0.3, -0.25) is 4.79 Å². The number of aromatic nitrogens is 4. The second-order valence-electron chi connectivity index (χ2n) is 6.96. The van der Waals surface area contributed by atoms with Crippen molar-refractivity contribution in [2.24, 2.45) is 0 Å². The number of benzene rings is 2. The molecule has 1 atom stereocenters. The number of thioether (sulfide) groups is 1. The number of morpholine rings is 1. The molecule has 8 heteroatoms. The van der Waals surface area contributed by atoms with Gasteiger partial charge in [0.25, 0.3) is 0 Å². The molecule has 1 amide bonds. The Bertz CT molecular complexity index is 965. The van der Waals surface area contributed by atoms with Crippen LogP contribution in [0.5, 0.6) is 0 Å². The van der Waals surface area contributed by atoms with Gasteiger partial charge in [-0.2, -0.15) is 4.68 Å². The summed E-state index contributed by atoms with van der Waals surface area (Å²) in [6, 6.07) is 15.9. The molecule has 0 unspecified atom stereocenters. The summed E-state index contributed by atoms with van der Waals surface area (Å²) in [4.78, 5) is 15.2. The van der Waals surface area contributed by atoms with E-state index in [0.29, 0.717) is 31.5 Å². The first kappa shape index (κ1) is 19.6. The average Bonchev–Trinajstić information content (AvgIpc) is 3.20. The van der Waals surface area contributed by atoms with Crippen LogP contribution in [0.1, 0.15) is 21.9 Å². The fourth-order valence-corrected chi connectivity index (χ4v) is 4.54. The largest absolute Gasteiger partial charge is 0.378 e. The van der Waals surface area contributed by atoms with Crippen molar-refractivity contribution in [1.82, 2.24) is 25.1 Å². The van der Waals surface area contributed by atoms with Gasteiger partial charge in [-0.25, -0.2) is 0 Å². The smallest absolute Gasteiger partial charge is 0.240 e. The first-order valence-electron chi connectivity index (χ1n) is 9.58. The van der Waals surface area contributed by atoms with Gasteiger partial charge in [0.05, 0.1) is 18.9 Å². The van der Waals surface area contributed by atoms with Crippen molar-refractivity contribution < 1.29 is 9.53 Å². The molecule has 0 radical (unpaired) electrons. The van der Waals surface area contributed by atoms with E-state index in [-0.39, 0.29) is 5.91 Å². The first-order valence-corrected chi connectivity index (χ1v) is 10.5. The van der Waals surface area contributed by atoms with Gasteiger partial charge >= 0.3 is 0 Å². The molecule has 1 fully saturated rings. The number of carbonyl (C=O) groups is 1. The monoisotopic (exact) mass is 409 g/mol. The number of para-hydroxylation sites is 1. The second kappa shape index (κ2) is 8.75. The molecule has 7 nitrogen and oxygen atoms in total. The van der Waals surface area contributed by atoms with Crippen LogP contribution in [0.25, 0.3) is 5.69 Å². The van der Waals surface area contributed by atoms with Gasteiger partial charge in [-0.05, 0) is 41.0 Å². The van der Waals surface area contributed by atoms with Crippen LogP contribution in [0, 0.1) is 13.8 Å². The number of aryl methyl sites for hydroxylation is 2. The van der Waals surface area contributed by atoms with Gasteiger partial charge in [-0.15, -0.1) is 5.10 Å². The van der Waals surface area contributed by atoms with Crippen molar-refractivity contribution in [3.63, 3.8) is 0 Å². The normalized spacial score (nSPS) is 15.3. The Kier molecular flexibility index (Phi) is 5.92. The van der Waals surface area contributed by atoms with E-state index in [0.717, 1.165) is 22.4 Å². The van der Waals surface area contributed by atoms with Gasteiger partial charge in [0.15, 0.2) is 0 Å². The quantitative estimate of drug-likeness (QED) is 0.603. The molecular formula is C21H23N5O2S. The summed E-state index contributed by atoms with van der Waals surface area (Å²) >= 11 is 1.38. The summed E-state index contributed by atoms with van der Waals surface area (Å²) in [5.41, 5.74) is 4.04. The molecule has 2 aromatic carbocycles. The number of ether oxygens (including phenoxy) is 1. The summed E-state index contributed by atoms with van der Waals surface area (Å²) in [5, 5.41) is 12.5. The first-order chi connectivity index (χ1) is 14.1. The minimum absolute atomic E-state index is 0.0561. The molecule has 0 aliphatic carbocycles. The molecule has 1 aromatic heterocycles. The van der Waals surface area contributed by atoms with Gasteiger partial charge in [0, 0.05) is 13.1 Å². The van der Waals surface area contributed by atoms with E-state index in [1.165, 1.54) is 11.8 Å². The van der Waals surface area contributed by atoms with Gasteiger partial charge in [-0.1, -0.05) is 60.3 Å². The molecule has 0 N–H and O–H groups in total. The van der Waals surface area contributed by atoms with Crippen molar-refractivity contribution >= 4 is 17.7 Å². The lowest BCUT2D eigenvalue weighted by Crippen LogP contribution is -2.42. The highest BCUT2D eigenvalue weighted by molar-refractivity contribution is 8.00. The topological polar surface area (TPSA) is 73.1 Å². The van der Waals surface area contributed by atoms with Crippen LogP contribution in [-0.2, 0) is 9.53 Å². The highest BCUT2D eigenvalue weighted by atomic mass is 32.2. The Balaban J connectivity index is 1.69. The average molecular weight is 410 g/mol. The van der Waals surface area contributed by atoms with Crippen molar-refractivity contribution in [2.75, 3.05) is 26.3 Å². The summed E-state index contributed by atoms with van der Waals surface area (Å²) < 4.78 is 7.14. The molecule has 29 heavy (non-hydrogen) atoms. The van der Waals surface area contributed by atoms with Crippen LogP contribution in [0.15, 0.2) is 53.7 Å². The van der Waals surface area contributed by atoms with E-state index in [1.807, 2.05) is 67.3 Å². The van der Waals surface area contributed by atoms with Crippen molar-refractivity contribution in [1.29, 1.82) is 0 Å². The fourth-order valence-electron chi connectivity index (χ4n) is 3.48. The lowest BCUT2D eigenvalue weighted by Gasteiger charge is -2.30. The lowest BCUT2D eigenvalue weighted by atomic mass is 10.1. The van der Waals surface area contributed by atoms with Crippen LogP contribution >= 0.6 is 11.8 Å². The maximum absolute atomic E-state index is 13.4. The van der Waals surface area contributed by atoms with E-state index < -0.39 is 5.25 Å². The highest BCUT2D eigenvalue weighted by Gasteiger charge is 2.30. The molecule has 150 valence electrons. The Morgan fingerprint density at radius 2 is 1.72 bits per heavy atom. The van der Waals surface area contributed by atoms with Crippen LogP contribution < -0.4 is 0 Å². The minimum Gasteiger partial charge on any atom is -0.378 e. The number of hydrogen-bond acceptors (Lipinski definition) is 6. The summed E-state index contributed by atoms with van der Waals surface area (Å²) in [5.74, 6) is 0.0561. The lowest BCUT2D eigenvalue weighted by molar-refractivity contribution is -0.134. The van der Waals surface area contributed by atoms with Crippen LogP contribution in [-0.4, -0.2) is 57.3 Å². The Morgan fingerprint density at radius 3 is 2.41 bits per heavy atom. The fraction of sp³-hybridized carbons (Fsp3) is 0.333. The molecule has 0 spiro atoms. The number of rotatable bonds is 5. The number of carbonyl (C=O) groups excluding carboxylic acids is 1. The highest BCUT2D eigenvalue weighted by Crippen LogP contribution is 2.37. The summed E-state index contributed by atoms with van der Waals surface area (Å²) in [6.45, 7) is 6.41. The minimum atomic E-state index is -0.427. The molecule has 4 rings (SSSR count). The standard InChI is InChI=1S/C21H23N5O2S/c1-15-7-6-8-16(2)18(15)26-21(22-23-24-26)29-19(17-9-4-3-5-10-17)20(27)25-11-13-28-14-12-25/h3-10,19H,11-14H2,1-2H3/t19-/m1/s1. The maximum atomic E-state index is 13.4. The van der Waals surface area contributed by atoms with Crippen molar-refractivity contribution in [3.05, 3.63) is 65.2 Å². The van der Waals surface area contributed by atoms with Crippen LogP contribution in [0.2, 0.25) is 0 Å². The number of tetrazole rings is 1. The molecule has 1 saturated heterocycles. The zero-order valence-corrected chi connectivity index (χ0v) is 17.3. The SMILES string of the molecule is Cc1cccc(C)c1-n1nnnc1S[C@@H](C(=O)N1CCOCC1)c1ccccc1. The predicted molar refractivity (Wildman–Crippen MR) is 111 cm³/mol. The van der Waals surface area contributed by atoms with Crippen molar-refractivity contribution in [2.45, 2.75) is 24.3 Å². The Labute approximate surface area is 174 Å². The van der Waals surface area contributed by atoms with E-state index >= 15 is 0 Å². The molecule has 1 aliphatic heterocycles. The number of nitrogens with zero attached hydrogens (tertiary/aromatic N) is 5. The van der Waals surface area contributed by atoms with Crippen LogP contribution in [0.3, 0.4) is 0 Å². The van der Waals surface area contributed by atoms with E-state index in [4.69, 9.17) is 4.74 Å². The zero-order chi connectivity index (χ0) is 20.2. The van der Waals surface area contributed by atoms with Gasteiger partial charge in [0.2, 0.25) is 11.1 Å². The third kappa shape index (κ3) is 4.18. The molecule has 1 aliphatic rings. The van der Waals surface area contributed by atoms with E-state index in [9.17, 15) is 4.79 Å². The third-order valence-electron chi connectivity index (χ3n) is 4.96. The molecule has 2 heterocycles. The molecule has 0 saturated carbocycles. The Morgan fingerprint density at radius 1 is 1.03 bits per heavy atom. The third-order valence-corrected chi connectivity index (χ3v) is 6.14. The number of hydrogen-bond donors (Lipinski definition) is 0. The molecule has 3 aromatic rings. The molecule has 0 bridgehead atoms.